The van der Waals surface area contributed by atoms with E-state index in [-0.39, 0.29) is 5.54 Å². The molecule has 1 saturated heterocycles. The molecule has 2 heterocycles. The van der Waals surface area contributed by atoms with Crippen LogP contribution in [0.5, 0.6) is 0 Å². The molecule has 0 amide bonds. The van der Waals surface area contributed by atoms with E-state index in [9.17, 15) is 0 Å². The summed E-state index contributed by atoms with van der Waals surface area (Å²) in [5.74, 6) is 0.785. The molecule has 0 radical (unpaired) electrons. The second kappa shape index (κ2) is 6.16. The van der Waals surface area contributed by atoms with Crippen LogP contribution >= 0.6 is 0 Å². The van der Waals surface area contributed by atoms with E-state index in [0.29, 0.717) is 11.5 Å². The summed E-state index contributed by atoms with van der Waals surface area (Å²) in [5.41, 5.74) is 7.26. The Labute approximate surface area is 185 Å². The minimum atomic E-state index is 0.254. The van der Waals surface area contributed by atoms with Gasteiger partial charge in [-0.15, -0.1) is 0 Å². The average molecular weight is 409 g/mol. The first kappa shape index (κ1) is 19.0. The number of anilines is 1. The molecule has 3 unspecified atom stereocenters. The van der Waals surface area contributed by atoms with E-state index in [2.05, 4.69) is 111 Å². The molecule has 2 aliphatic rings. The monoisotopic (exact) mass is 408 g/mol. The second-order valence-corrected chi connectivity index (χ2v) is 10.7. The van der Waals surface area contributed by atoms with Crippen molar-refractivity contribution in [2.75, 3.05) is 4.90 Å². The normalized spacial score (nSPS) is 30.0. The summed E-state index contributed by atoms with van der Waals surface area (Å²) in [6.45, 7) is 12.2. The fraction of sp³-hybridized carbons (Fsp3) is 0.379. The first-order valence-electron chi connectivity index (χ1n) is 11.7. The van der Waals surface area contributed by atoms with Crippen molar-refractivity contribution in [2.24, 2.45) is 11.3 Å². The summed E-state index contributed by atoms with van der Waals surface area (Å²) < 4.78 is 2.42. The van der Waals surface area contributed by atoms with Crippen LogP contribution < -0.4 is 4.90 Å². The van der Waals surface area contributed by atoms with Gasteiger partial charge in [0.25, 0.3) is 0 Å². The third kappa shape index (κ3) is 2.39. The number of piperidine rings is 1. The molecule has 2 nitrogen and oxygen atoms in total. The zero-order valence-corrected chi connectivity index (χ0v) is 19.3. The SMILES string of the molecule is Cc1cc2c(cc1N1[C@@H](C)C3(C)CC1(C)CC3C)c1ccccc1n2-c1ccccc1. The first-order chi connectivity index (χ1) is 14.8. The zero-order chi connectivity index (χ0) is 21.5. The Balaban J connectivity index is 1.62. The lowest BCUT2D eigenvalue weighted by Crippen LogP contribution is -2.51. The van der Waals surface area contributed by atoms with E-state index in [4.69, 9.17) is 0 Å². The van der Waals surface area contributed by atoms with Crippen molar-refractivity contribution in [3.05, 3.63) is 72.3 Å². The quantitative estimate of drug-likeness (QED) is 0.333. The number of para-hydroxylation sites is 2. The fourth-order valence-electron chi connectivity index (χ4n) is 7.19. The van der Waals surface area contributed by atoms with Crippen molar-refractivity contribution in [1.82, 2.24) is 4.57 Å². The second-order valence-electron chi connectivity index (χ2n) is 10.7. The Morgan fingerprint density at radius 1 is 0.839 bits per heavy atom. The highest BCUT2D eigenvalue weighted by molar-refractivity contribution is 6.10. The number of nitrogens with zero attached hydrogens (tertiary/aromatic N) is 2. The third-order valence-corrected chi connectivity index (χ3v) is 8.82. The maximum absolute atomic E-state index is 2.77. The van der Waals surface area contributed by atoms with Crippen LogP contribution in [0.4, 0.5) is 5.69 Å². The van der Waals surface area contributed by atoms with Crippen molar-refractivity contribution >= 4 is 27.5 Å². The van der Waals surface area contributed by atoms with Gasteiger partial charge in [0.15, 0.2) is 0 Å². The molecule has 1 saturated carbocycles. The molecule has 158 valence electrons. The van der Waals surface area contributed by atoms with Crippen molar-refractivity contribution < 1.29 is 0 Å². The number of hydrogen-bond donors (Lipinski definition) is 0. The van der Waals surface area contributed by atoms with Crippen LogP contribution in [0.2, 0.25) is 0 Å². The molecule has 4 atom stereocenters. The van der Waals surface area contributed by atoms with Crippen molar-refractivity contribution in [2.45, 2.75) is 59.0 Å². The van der Waals surface area contributed by atoms with Gasteiger partial charge in [-0.1, -0.05) is 50.2 Å². The molecular formula is C29H32N2. The van der Waals surface area contributed by atoms with E-state index < -0.39 is 0 Å². The van der Waals surface area contributed by atoms with E-state index in [1.54, 1.807) is 0 Å². The topological polar surface area (TPSA) is 8.17 Å². The van der Waals surface area contributed by atoms with E-state index in [1.165, 1.54) is 51.6 Å². The highest BCUT2D eigenvalue weighted by atomic mass is 15.3. The van der Waals surface area contributed by atoms with Crippen molar-refractivity contribution in [3.8, 4) is 5.69 Å². The Bertz CT molecular complexity index is 1320. The highest BCUT2D eigenvalue weighted by Gasteiger charge is 2.62. The van der Waals surface area contributed by atoms with Gasteiger partial charge in [-0.25, -0.2) is 0 Å². The summed E-state index contributed by atoms with van der Waals surface area (Å²) in [7, 11) is 0. The first-order valence-corrected chi connectivity index (χ1v) is 11.7. The highest BCUT2D eigenvalue weighted by Crippen LogP contribution is 2.62. The minimum absolute atomic E-state index is 0.254. The summed E-state index contributed by atoms with van der Waals surface area (Å²) in [4.78, 5) is 2.77. The zero-order valence-electron chi connectivity index (χ0n) is 19.3. The summed E-state index contributed by atoms with van der Waals surface area (Å²) in [6, 6.07) is 25.1. The molecule has 0 N–H and O–H groups in total. The van der Waals surface area contributed by atoms with Gasteiger partial charge in [-0.05, 0) is 80.8 Å². The van der Waals surface area contributed by atoms with Crippen LogP contribution in [0.1, 0.15) is 46.1 Å². The molecule has 3 aromatic carbocycles. The van der Waals surface area contributed by atoms with Gasteiger partial charge in [-0.3, -0.25) is 0 Å². The minimum Gasteiger partial charge on any atom is -0.363 e. The largest absolute Gasteiger partial charge is 0.363 e. The van der Waals surface area contributed by atoms with Crippen LogP contribution in [0, 0.1) is 18.3 Å². The number of aryl methyl sites for hydroxylation is 1. The molecule has 1 aliphatic carbocycles. The van der Waals surface area contributed by atoms with Crippen LogP contribution in [-0.4, -0.2) is 16.1 Å². The predicted octanol–water partition coefficient (Wildman–Crippen LogP) is 7.50. The lowest BCUT2D eigenvalue weighted by Gasteiger charge is -2.47. The summed E-state index contributed by atoms with van der Waals surface area (Å²) in [6.07, 6.45) is 2.59. The molecule has 31 heavy (non-hydrogen) atoms. The van der Waals surface area contributed by atoms with E-state index >= 15 is 0 Å². The Morgan fingerprint density at radius 3 is 2.26 bits per heavy atom. The summed E-state index contributed by atoms with van der Waals surface area (Å²) in [5, 5.41) is 2.70. The van der Waals surface area contributed by atoms with Gasteiger partial charge >= 0.3 is 0 Å². The number of hydrogen-bond acceptors (Lipinski definition) is 1. The lowest BCUT2D eigenvalue weighted by molar-refractivity contribution is 0.200. The molecule has 2 fully saturated rings. The fourth-order valence-corrected chi connectivity index (χ4v) is 7.19. The van der Waals surface area contributed by atoms with Gasteiger partial charge in [-0.2, -0.15) is 0 Å². The van der Waals surface area contributed by atoms with Gasteiger partial charge in [0.2, 0.25) is 0 Å². The average Bonchev–Trinajstić information content (AvgIpc) is 3.27. The Hall–Kier alpha value is -2.74. The summed E-state index contributed by atoms with van der Waals surface area (Å²) >= 11 is 0. The standard InChI is InChI=1S/C29H32N2/c1-19-15-27-24(16-26(19)31-21(3)29(5)18-28(31,4)17-20(29)2)23-13-9-10-14-25(23)30(27)22-11-7-6-8-12-22/h6-16,20-21H,17-18H2,1-5H3/t20?,21-,28?,29?/m0/s1. The van der Waals surface area contributed by atoms with Crippen LogP contribution in [0.25, 0.3) is 27.5 Å². The molecule has 0 spiro atoms. The molecule has 1 aromatic heterocycles. The van der Waals surface area contributed by atoms with Gasteiger partial charge in [0, 0.05) is 33.7 Å². The predicted molar refractivity (Wildman–Crippen MR) is 132 cm³/mol. The molecule has 4 aromatic rings. The molecular weight excluding hydrogens is 376 g/mol. The van der Waals surface area contributed by atoms with Crippen LogP contribution in [0.15, 0.2) is 66.7 Å². The number of aromatic nitrogens is 1. The molecule has 2 heteroatoms. The van der Waals surface area contributed by atoms with Gasteiger partial charge < -0.3 is 9.47 Å². The van der Waals surface area contributed by atoms with Gasteiger partial charge in [0.1, 0.15) is 0 Å². The number of fused-ring (bicyclic) bond motifs is 5. The maximum atomic E-state index is 2.77. The van der Waals surface area contributed by atoms with Crippen LogP contribution in [-0.2, 0) is 0 Å². The Morgan fingerprint density at radius 2 is 1.55 bits per heavy atom. The third-order valence-electron chi connectivity index (χ3n) is 8.82. The molecule has 1 aliphatic heterocycles. The maximum Gasteiger partial charge on any atom is 0.0545 e. The van der Waals surface area contributed by atoms with E-state index in [1.807, 2.05) is 0 Å². The number of rotatable bonds is 2. The lowest BCUT2D eigenvalue weighted by atomic mass is 9.75. The molecule has 2 bridgehead atoms. The molecule has 6 rings (SSSR count). The van der Waals surface area contributed by atoms with E-state index in [0.717, 1.165) is 5.92 Å². The van der Waals surface area contributed by atoms with Gasteiger partial charge in [0.05, 0.1) is 11.0 Å². The van der Waals surface area contributed by atoms with Crippen molar-refractivity contribution in [3.63, 3.8) is 0 Å². The van der Waals surface area contributed by atoms with Crippen molar-refractivity contribution in [1.29, 1.82) is 0 Å². The smallest absolute Gasteiger partial charge is 0.0545 e. The Kier molecular flexibility index (Phi) is 3.77. The number of benzene rings is 3. The van der Waals surface area contributed by atoms with Crippen LogP contribution in [0.3, 0.4) is 0 Å².